The SMILES string of the molecule is CCc1ccc(C(=O)Nc2n[nH]c3ccc(OCc4c(C)noc4C)cc23)cc1. The van der Waals surface area contributed by atoms with E-state index in [1.165, 1.54) is 5.56 Å². The predicted octanol–water partition coefficient (Wildman–Crippen LogP) is 4.56. The molecule has 29 heavy (non-hydrogen) atoms. The Morgan fingerprint density at radius 3 is 2.66 bits per heavy atom. The van der Waals surface area contributed by atoms with E-state index >= 15 is 0 Å². The lowest BCUT2D eigenvalue weighted by Gasteiger charge is -2.07. The number of hydrogen-bond donors (Lipinski definition) is 2. The summed E-state index contributed by atoms with van der Waals surface area (Å²) in [5, 5.41) is 14.8. The first-order valence-electron chi connectivity index (χ1n) is 9.48. The summed E-state index contributed by atoms with van der Waals surface area (Å²) in [6.45, 7) is 6.18. The fourth-order valence-electron chi connectivity index (χ4n) is 3.11. The van der Waals surface area contributed by atoms with Gasteiger partial charge in [-0.25, -0.2) is 0 Å². The molecule has 7 nitrogen and oxygen atoms in total. The molecular formula is C22H22N4O3. The number of fused-ring (bicyclic) bond motifs is 1. The average Bonchev–Trinajstić information content (AvgIpc) is 3.29. The van der Waals surface area contributed by atoms with E-state index in [1.54, 1.807) is 0 Å². The first-order chi connectivity index (χ1) is 14.0. The molecule has 7 heteroatoms. The average molecular weight is 390 g/mol. The van der Waals surface area contributed by atoms with Gasteiger partial charge in [0.2, 0.25) is 0 Å². The van der Waals surface area contributed by atoms with Crippen LogP contribution >= 0.6 is 0 Å². The molecule has 0 atom stereocenters. The van der Waals surface area contributed by atoms with Crippen LogP contribution in [0.3, 0.4) is 0 Å². The molecule has 0 aliphatic carbocycles. The maximum Gasteiger partial charge on any atom is 0.256 e. The second kappa shape index (κ2) is 7.79. The molecule has 2 aromatic heterocycles. The summed E-state index contributed by atoms with van der Waals surface area (Å²) in [5.74, 6) is 1.67. The quantitative estimate of drug-likeness (QED) is 0.503. The van der Waals surface area contributed by atoms with Gasteiger partial charge in [0.25, 0.3) is 5.91 Å². The monoisotopic (exact) mass is 390 g/mol. The maximum atomic E-state index is 12.6. The van der Waals surface area contributed by atoms with E-state index in [-0.39, 0.29) is 5.91 Å². The number of H-pyrrole nitrogens is 1. The molecule has 2 aromatic carbocycles. The highest BCUT2D eigenvalue weighted by atomic mass is 16.5. The highest BCUT2D eigenvalue weighted by Crippen LogP contribution is 2.27. The maximum absolute atomic E-state index is 12.6. The number of benzene rings is 2. The molecule has 0 spiro atoms. The Morgan fingerprint density at radius 1 is 1.17 bits per heavy atom. The second-order valence-corrected chi connectivity index (χ2v) is 6.88. The minimum atomic E-state index is -0.205. The number of nitrogens with one attached hydrogen (secondary N) is 2. The predicted molar refractivity (Wildman–Crippen MR) is 110 cm³/mol. The van der Waals surface area contributed by atoms with E-state index in [9.17, 15) is 4.79 Å². The molecule has 2 heterocycles. The van der Waals surface area contributed by atoms with Crippen molar-refractivity contribution in [3.8, 4) is 5.75 Å². The van der Waals surface area contributed by atoms with Gasteiger partial charge < -0.3 is 14.6 Å². The Kier molecular flexibility index (Phi) is 5.03. The molecule has 0 saturated heterocycles. The summed E-state index contributed by atoms with van der Waals surface area (Å²) >= 11 is 0. The van der Waals surface area contributed by atoms with Crippen LogP contribution in [0.15, 0.2) is 47.0 Å². The molecule has 0 unspecified atom stereocenters. The Balaban J connectivity index is 1.52. The molecule has 0 bridgehead atoms. The largest absolute Gasteiger partial charge is 0.489 e. The van der Waals surface area contributed by atoms with Gasteiger partial charge in [0, 0.05) is 10.9 Å². The summed E-state index contributed by atoms with van der Waals surface area (Å²) in [6.07, 6.45) is 0.933. The number of carbonyl (C=O) groups excluding carboxylic acids is 1. The van der Waals surface area contributed by atoms with Crippen LogP contribution in [-0.4, -0.2) is 21.3 Å². The Morgan fingerprint density at radius 2 is 1.97 bits per heavy atom. The van der Waals surface area contributed by atoms with Crippen molar-refractivity contribution >= 4 is 22.6 Å². The van der Waals surface area contributed by atoms with Gasteiger partial charge in [-0.05, 0) is 56.2 Å². The van der Waals surface area contributed by atoms with E-state index in [0.29, 0.717) is 23.7 Å². The topological polar surface area (TPSA) is 93.0 Å². The van der Waals surface area contributed by atoms with Crippen LogP contribution in [0, 0.1) is 13.8 Å². The van der Waals surface area contributed by atoms with Gasteiger partial charge in [0.05, 0.1) is 16.8 Å². The second-order valence-electron chi connectivity index (χ2n) is 6.88. The van der Waals surface area contributed by atoms with Gasteiger partial charge in [-0.2, -0.15) is 5.10 Å². The van der Waals surface area contributed by atoms with Crippen LogP contribution in [0.1, 0.15) is 39.9 Å². The van der Waals surface area contributed by atoms with Gasteiger partial charge in [0.15, 0.2) is 5.82 Å². The lowest BCUT2D eigenvalue weighted by atomic mass is 10.1. The number of rotatable bonds is 6. The van der Waals surface area contributed by atoms with Crippen molar-refractivity contribution in [1.29, 1.82) is 0 Å². The number of hydrogen-bond acceptors (Lipinski definition) is 5. The summed E-state index contributed by atoms with van der Waals surface area (Å²) in [7, 11) is 0. The highest BCUT2D eigenvalue weighted by molar-refractivity contribution is 6.08. The molecule has 0 aliphatic rings. The third-order valence-corrected chi connectivity index (χ3v) is 4.96. The summed E-state index contributed by atoms with van der Waals surface area (Å²) in [6, 6.07) is 13.1. The lowest BCUT2D eigenvalue weighted by molar-refractivity contribution is 0.102. The van der Waals surface area contributed by atoms with E-state index in [0.717, 1.165) is 34.3 Å². The minimum Gasteiger partial charge on any atom is -0.489 e. The molecule has 0 radical (unpaired) electrons. The molecular weight excluding hydrogens is 368 g/mol. The summed E-state index contributed by atoms with van der Waals surface area (Å²) < 4.78 is 11.1. The van der Waals surface area contributed by atoms with Gasteiger partial charge in [-0.1, -0.05) is 24.2 Å². The van der Waals surface area contributed by atoms with Crippen molar-refractivity contribution in [1.82, 2.24) is 15.4 Å². The Bertz CT molecular complexity index is 1140. The van der Waals surface area contributed by atoms with Gasteiger partial charge in [-0.15, -0.1) is 0 Å². The first-order valence-corrected chi connectivity index (χ1v) is 9.48. The van der Waals surface area contributed by atoms with E-state index in [1.807, 2.05) is 56.3 Å². The van der Waals surface area contributed by atoms with Gasteiger partial charge >= 0.3 is 0 Å². The van der Waals surface area contributed by atoms with Gasteiger partial charge in [-0.3, -0.25) is 9.89 Å². The standard InChI is InChI=1S/C22H22N4O3/c1-4-15-5-7-16(8-6-15)22(27)23-21-18-11-17(9-10-20(18)24-25-21)28-12-19-13(2)26-29-14(19)3/h5-11H,4,12H2,1-3H3,(H2,23,24,25,27). The number of anilines is 1. The fraction of sp³-hybridized carbons (Fsp3) is 0.227. The Labute approximate surface area is 168 Å². The van der Waals surface area contributed by atoms with Crippen LogP contribution in [0.5, 0.6) is 5.75 Å². The molecule has 4 rings (SSSR count). The molecule has 2 N–H and O–H groups in total. The molecule has 148 valence electrons. The van der Waals surface area contributed by atoms with Crippen molar-refractivity contribution in [3.63, 3.8) is 0 Å². The van der Waals surface area contributed by atoms with E-state index < -0.39 is 0 Å². The van der Waals surface area contributed by atoms with E-state index in [2.05, 4.69) is 27.6 Å². The van der Waals surface area contributed by atoms with Gasteiger partial charge in [0.1, 0.15) is 18.1 Å². The first kappa shape index (κ1) is 18.7. The number of amides is 1. The smallest absolute Gasteiger partial charge is 0.256 e. The minimum absolute atomic E-state index is 0.205. The number of nitrogens with zero attached hydrogens (tertiary/aromatic N) is 2. The van der Waals surface area contributed by atoms with Crippen LogP contribution in [0.2, 0.25) is 0 Å². The van der Waals surface area contributed by atoms with E-state index in [4.69, 9.17) is 9.26 Å². The number of aromatic amines is 1. The molecule has 1 amide bonds. The zero-order valence-corrected chi connectivity index (χ0v) is 16.6. The van der Waals surface area contributed by atoms with Crippen molar-refractivity contribution in [2.45, 2.75) is 33.8 Å². The molecule has 0 fully saturated rings. The molecule has 0 aliphatic heterocycles. The zero-order valence-electron chi connectivity index (χ0n) is 16.6. The fourth-order valence-corrected chi connectivity index (χ4v) is 3.11. The van der Waals surface area contributed by atoms with Crippen LogP contribution < -0.4 is 10.1 Å². The normalized spacial score (nSPS) is 11.0. The van der Waals surface area contributed by atoms with Crippen molar-refractivity contribution < 1.29 is 14.1 Å². The number of carbonyl (C=O) groups is 1. The van der Waals surface area contributed by atoms with Crippen molar-refractivity contribution in [2.24, 2.45) is 0 Å². The highest BCUT2D eigenvalue weighted by Gasteiger charge is 2.13. The summed E-state index contributed by atoms with van der Waals surface area (Å²) in [4.78, 5) is 12.6. The zero-order chi connectivity index (χ0) is 20.4. The van der Waals surface area contributed by atoms with Crippen molar-refractivity contribution in [2.75, 3.05) is 5.32 Å². The number of aromatic nitrogens is 3. The summed E-state index contributed by atoms with van der Waals surface area (Å²) in [5.41, 5.74) is 4.33. The van der Waals surface area contributed by atoms with Crippen LogP contribution in [0.25, 0.3) is 10.9 Å². The van der Waals surface area contributed by atoms with Crippen LogP contribution in [-0.2, 0) is 13.0 Å². The third-order valence-electron chi connectivity index (χ3n) is 4.96. The third kappa shape index (κ3) is 3.85. The molecule has 0 saturated carbocycles. The molecule has 4 aromatic rings. The Hall–Kier alpha value is -3.61. The number of aryl methyl sites for hydroxylation is 3. The van der Waals surface area contributed by atoms with Crippen LogP contribution in [0.4, 0.5) is 5.82 Å². The lowest BCUT2D eigenvalue weighted by Crippen LogP contribution is -2.12. The van der Waals surface area contributed by atoms with Crippen molar-refractivity contribution in [3.05, 3.63) is 70.6 Å². The number of ether oxygens (including phenoxy) is 1.